The monoisotopic (exact) mass is 245 g/mol. The van der Waals surface area contributed by atoms with E-state index in [0.717, 1.165) is 22.5 Å². The molecule has 1 aromatic rings. The Bertz CT molecular complexity index is 286. The van der Waals surface area contributed by atoms with Crippen molar-refractivity contribution in [1.29, 1.82) is 0 Å². The molecule has 0 unspecified atom stereocenters. The Balaban J connectivity index is 2.60. The van der Waals surface area contributed by atoms with Gasteiger partial charge in [-0.2, -0.15) is 5.10 Å². The van der Waals surface area contributed by atoms with Crippen molar-refractivity contribution in [3.05, 3.63) is 10.2 Å². The number of hydrogen-bond donors (Lipinski definition) is 2. The molecule has 13 heavy (non-hydrogen) atoms. The van der Waals surface area contributed by atoms with Gasteiger partial charge in [0.15, 0.2) is 0 Å². The number of aromatic amines is 1. The van der Waals surface area contributed by atoms with E-state index in [1.807, 2.05) is 6.92 Å². The van der Waals surface area contributed by atoms with Gasteiger partial charge in [0.05, 0.1) is 10.2 Å². The van der Waals surface area contributed by atoms with Gasteiger partial charge in [-0.3, -0.25) is 5.10 Å². The zero-order chi connectivity index (χ0) is 10.1. The SMILES string of the molecule is Cc1n[nH]c(NCC(C)(C)C)c1Br. The van der Waals surface area contributed by atoms with Crippen molar-refractivity contribution in [3.8, 4) is 0 Å². The Morgan fingerprint density at radius 3 is 2.46 bits per heavy atom. The highest BCUT2D eigenvalue weighted by Crippen LogP contribution is 2.24. The summed E-state index contributed by atoms with van der Waals surface area (Å²) >= 11 is 3.46. The second-order valence-corrected chi connectivity index (χ2v) is 5.21. The van der Waals surface area contributed by atoms with Crippen LogP contribution in [0.25, 0.3) is 0 Å². The van der Waals surface area contributed by atoms with E-state index >= 15 is 0 Å². The van der Waals surface area contributed by atoms with Crippen LogP contribution in [0.15, 0.2) is 4.47 Å². The van der Waals surface area contributed by atoms with Crippen LogP contribution in [0, 0.1) is 12.3 Å². The largest absolute Gasteiger partial charge is 0.369 e. The van der Waals surface area contributed by atoms with Crippen LogP contribution in [0.1, 0.15) is 26.5 Å². The molecule has 4 heteroatoms. The minimum Gasteiger partial charge on any atom is -0.369 e. The normalized spacial score (nSPS) is 11.8. The Morgan fingerprint density at radius 1 is 1.46 bits per heavy atom. The molecular weight excluding hydrogens is 230 g/mol. The molecule has 0 saturated heterocycles. The predicted octanol–water partition coefficient (Wildman–Crippen LogP) is 2.94. The number of nitrogens with zero attached hydrogens (tertiary/aromatic N) is 1. The number of nitrogens with one attached hydrogen (secondary N) is 2. The maximum Gasteiger partial charge on any atom is 0.136 e. The summed E-state index contributed by atoms with van der Waals surface area (Å²) in [5.41, 5.74) is 1.26. The van der Waals surface area contributed by atoms with E-state index in [0.29, 0.717) is 0 Å². The maximum atomic E-state index is 4.08. The van der Waals surface area contributed by atoms with Crippen LogP contribution in [0.2, 0.25) is 0 Å². The molecule has 0 aromatic carbocycles. The standard InChI is InChI=1S/C9H16BrN3/c1-6-7(10)8(13-12-6)11-5-9(2,3)4/h5H2,1-4H3,(H2,11,12,13). The lowest BCUT2D eigenvalue weighted by molar-refractivity contribution is 0.442. The summed E-state index contributed by atoms with van der Waals surface area (Å²) in [6.45, 7) is 9.46. The fraction of sp³-hybridized carbons (Fsp3) is 0.667. The molecule has 0 saturated carbocycles. The van der Waals surface area contributed by atoms with Crippen molar-refractivity contribution in [1.82, 2.24) is 10.2 Å². The lowest BCUT2D eigenvalue weighted by Gasteiger charge is -2.18. The molecule has 0 aliphatic carbocycles. The topological polar surface area (TPSA) is 40.7 Å². The fourth-order valence-corrected chi connectivity index (χ4v) is 1.21. The van der Waals surface area contributed by atoms with Crippen LogP contribution in [-0.2, 0) is 0 Å². The third kappa shape index (κ3) is 3.03. The quantitative estimate of drug-likeness (QED) is 0.842. The van der Waals surface area contributed by atoms with Gasteiger partial charge in [-0.25, -0.2) is 0 Å². The number of anilines is 1. The maximum absolute atomic E-state index is 4.08. The van der Waals surface area contributed by atoms with Gasteiger partial charge < -0.3 is 5.32 Å². The molecule has 0 atom stereocenters. The predicted molar refractivity (Wildman–Crippen MR) is 59.0 cm³/mol. The second kappa shape index (κ2) is 3.70. The van der Waals surface area contributed by atoms with Crippen LogP contribution in [0.4, 0.5) is 5.82 Å². The number of rotatable bonds is 2. The Labute approximate surface area is 87.4 Å². The molecular formula is C9H16BrN3. The minimum atomic E-state index is 0.276. The fourth-order valence-electron chi connectivity index (χ4n) is 0.889. The van der Waals surface area contributed by atoms with Crippen molar-refractivity contribution < 1.29 is 0 Å². The molecule has 0 bridgehead atoms. The third-order valence-corrected chi connectivity index (χ3v) is 2.64. The average Bonchev–Trinajstić information content (AvgIpc) is 2.29. The highest BCUT2D eigenvalue weighted by atomic mass is 79.9. The number of hydrogen-bond acceptors (Lipinski definition) is 2. The van der Waals surface area contributed by atoms with E-state index in [9.17, 15) is 0 Å². The zero-order valence-electron chi connectivity index (χ0n) is 8.53. The molecule has 2 N–H and O–H groups in total. The Kier molecular flexibility index (Phi) is 3.01. The highest BCUT2D eigenvalue weighted by molar-refractivity contribution is 9.10. The molecule has 3 nitrogen and oxygen atoms in total. The van der Waals surface area contributed by atoms with Crippen molar-refractivity contribution in [2.24, 2.45) is 5.41 Å². The van der Waals surface area contributed by atoms with Crippen molar-refractivity contribution in [2.45, 2.75) is 27.7 Å². The van der Waals surface area contributed by atoms with Gasteiger partial charge >= 0.3 is 0 Å². The molecule has 74 valence electrons. The molecule has 0 spiro atoms. The Hall–Kier alpha value is -0.510. The summed E-state index contributed by atoms with van der Waals surface area (Å²) in [7, 11) is 0. The van der Waals surface area contributed by atoms with Gasteiger partial charge in [0.1, 0.15) is 5.82 Å². The van der Waals surface area contributed by atoms with Crippen LogP contribution in [0.5, 0.6) is 0 Å². The minimum absolute atomic E-state index is 0.276. The average molecular weight is 246 g/mol. The number of halogens is 1. The second-order valence-electron chi connectivity index (χ2n) is 4.41. The van der Waals surface area contributed by atoms with E-state index in [-0.39, 0.29) is 5.41 Å². The first kappa shape index (κ1) is 10.6. The van der Waals surface area contributed by atoms with Crippen LogP contribution < -0.4 is 5.32 Å². The van der Waals surface area contributed by atoms with E-state index < -0.39 is 0 Å². The summed E-state index contributed by atoms with van der Waals surface area (Å²) < 4.78 is 1.02. The van der Waals surface area contributed by atoms with E-state index in [1.165, 1.54) is 0 Å². The van der Waals surface area contributed by atoms with Gasteiger partial charge in [-0.15, -0.1) is 0 Å². The lowest BCUT2D eigenvalue weighted by Crippen LogP contribution is -2.19. The molecule has 0 amide bonds. The van der Waals surface area contributed by atoms with Crippen molar-refractivity contribution in [3.63, 3.8) is 0 Å². The first-order chi connectivity index (χ1) is 5.90. The van der Waals surface area contributed by atoms with Crippen molar-refractivity contribution in [2.75, 3.05) is 11.9 Å². The number of H-pyrrole nitrogens is 1. The zero-order valence-corrected chi connectivity index (χ0v) is 10.1. The number of aromatic nitrogens is 2. The molecule has 0 fully saturated rings. The van der Waals surface area contributed by atoms with Crippen LogP contribution in [-0.4, -0.2) is 16.7 Å². The van der Waals surface area contributed by atoms with E-state index in [2.05, 4.69) is 52.2 Å². The van der Waals surface area contributed by atoms with Crippen molar-refractivity contribution >= 4 is 21.7 Å². The van der Waals surface area contributed by atoms with Crippen LogP contribution in [0.3, 0.4) is 0 Å². The lowest BCUT2D eigenvalue weighted by atomic mass is 9.97. The first-order valence-corrected chi connectivity index (χ1v) is 5.14. The molecule has 0 radical (unpaired) electrons. The first-order valence-electron chi connectivity index (χ1n) is 4.34. The van der Waals surface area contributed by atoms with Gasteiger partial charge in [-0.05, 0) is 28.3 Å². The van der Waals surface area contributed by atoms with Gasteiger partial charge in [0, 0.05) is 6.54 Å². The van der Waals surface area contributed by atoms with Gasteiger partial charge in [-0.1, -0.05) is 20.8 Å². The summed E-state index contributed by atoms with van der Waals surface area (Å²) in [6.07, 6.45) is 0. The Morgan fingerprint density at radius 2 is 2.08 bits per heavy atom. The third-order valence-electron chi connectivity index (χ3n) is 1.67. The molecule has 1 heterocycles. The summed E-state index contributed by atoms with van der Waals surface area (Å²) in [4.78, 5) is 0. The number of aryl methyl sites for hydroxylation is 1. The van der Waals surface area contributed by atoms with Gasteiger partial charge in [0.2, 0.25) is 0 Å². The van der Waals surface area contributed by atoms with E-state index in [1.54, 1.807) is 0 Å². The smallest absolute Gasteiger partial charge is 0.136 e. The molecule has 1 aromatic heterocycles. The summed E-state index contributed by atoms with van der Waals surface area (Å²) in [5, 5.41) is 10.3. The highest BCUT2D eigenvalue weighted by Gasteiger charge is 2.12. The van der Waals surface area contributed by atoms with E-state index in [4.69, 9.17) is 0 Å². The molecule has 0 aliphatic heterocycles. The summed E-state index contributed by atoms with van der Waals surface area (Å²) in [5.74, 6) is 0.965. The molecule has 0 aliphatic rings. The van der Waals surface area contributed by atoms with Gasteiger partial charge in [0.25, 0.3) is 0 Å². The molecule has 1 rings (SSSR count). The summed E-state index contributed by atoms with van der Waals surface area (Å²) in [6, 6.07) is 0. The van der Waals surface area contributed by atoms with Crippen LogP contribution >= 0.6 is 15.9 Å².